The monoisotopic (exact) mass is 277 g/mol. The van der Waals surface area contributed by atoms with E-state index in [0.29, 0.717) is 18.0 Å². The Kier molecular flexibility index (Phi) is 4.58. The summed E-state index contributed by atoms with van der Waals surface area (Å²) in [6.07, 6.45) is 2.92. The predicted octanol–water partition coefficient (Wildman–Crippen LogP) is 2.27. The van der Waals surface area contributed by atoms with Gasteiger partial charge in [0.25, 0.3) is 0 Å². The number of halogens is 1. The molecule has 0 saturated carbocycles. The lowest BCUT2D eigenvalue weighted by Gasteiger charge is -2.04. The number of H-pyrrole nitrogens is 1. The summed E-state index contributed by atoms with van der Waals surface area (Å²) < 4.78 is 0. The van der Waals surface area contributed by atoms with E-state index in [-0.39, 0.29) is 5.91 Å². The first-order valence-corrected chi connectivity index (χ1v) is 6.53. The fourth-order valence-electron chi connectivity index (χ4n) is 1.79. The fraction of sp³-hybridized carbons (Fsp3) is 0.286. The molecule has 2 N–H and O–H groups in total. The minimum Gasteiger partial charge on any atom is -0.355 e. The van der Waals surface area contributed by atoms with Crippen LogP contribution >= 0.6 is 11.6 Å². The lowest BCUT2D eigenvalue weighted by Crippen LogP contribution is -2.27. The molecule has 0 bridgehead atoms. The van der Waals surface area contributed by atoms with Crippen LogP contribution in [-0.2, 0) is 17.6 Å². The van der Waals surface area contributed by atoms with Crippen LogP contribution in [0.1, 0.15) is 17.1 Å². The van der Waals surface area contributed by atoms with Crippen molar-refractivity contribution in [2.75, 3.05) is 6.54 Å². The molecular weight excluding hydrogens is 262 g/mol. The Balaban J connectivity index is 1.74. The minimum atomic E-state index is 0.0126. The Morgan fingerprint density at radius 2 is 2.11 bits per heavy atom. The van der Waals surface area contributed by atoms with Gasteiger partial charge in [-0.2, -0.15) is 0 Å². The minimum absolute atomic E-state index is 0.0126. The van der Waals surface area contributed by atoms with Crippen molar-refractivity contribution in [3.05, 3.63) is 52.6 Å². The highest BCUT2D eigenvalue weighted by atomic mass is 35.5. The number of imidazole rings is 1. The summed E-state index contributed by atoms with van der Waals surface area (Å²) in [4.78, 5) is 19.0. The van der Waals surface area contributed by atoms with Crippen molar-refractivity contribution in [2.24, 2.45) is 0 Å². The average molecular weight is 278 g/mol. The molecule has 0 atom stereocenters. The number of nitrogens with one attached hydrogen (secondary N) is 2. The van der Waals surface area contributed by atoms with Gasteiger partial charge in [0.15, 0.2) is 0 Å². The average Bonchev–Trinajstić information content (AvgIpc) is 2.78. The molecule has 0 aliphatic rings. The zero-order valence-electron chi connectivity index (χ0n) is 10.7. The van der Waals surface area contributed by atoms with Crippen molar-refractivity contribution in [3.8, 4) is 0 Å². The summed E-state index contributed by atoms with van der Waals surface area (Å²) in [5, 5.41) is 3.56. The number of carbonyl (C=O) groups excluding carboxylic acids is 1. The van der Waals surface area contributed by atoms with Crippen molar-refractivity contribution in [1.82, 2.24) is 15.3 Å². The Morgan fingerprint density at radius 3 is 2.74 bits per heavy atom. The van der Waals surface area contributed by atoms with Gasteiger partial charge in [0.05, 0.1) is 6.42 Å². The summed E-state index contributed by atoms with van der Waals surface area (Å²) in [6, 6.07) is 7.30. The van der Waals surface area contributed by atoms with E-state index < -0.39 is 0 Å². The summed E-state index contributed by atoms with van der Waals surface area (Å²) in [6.45, 7) is 2.51. The number of hydrogen-bond donors (Lipinski definition) is 2. The quantitative estimate of drug-likeness (QED) is 0.881. The number of benzene rings is 1. The highest BCUT2D eigenvalue weighted by Gasteiger charge is 2.03. The molecule has 1 aromatic carbocycles. The molecule has 0 saturated heterocycles. The van der Waals surface area contributed by atoms with Gasteiger partial charge in [0, 0.05) is 29.9 Å². The third-order valence-corrected chi connectivity index (χ3v) is 3.00. The number of rotatable bonds is 5. The van der Waals surface area contributed by atoms with E-state index in [1.165, 1.54) is 0 Å². The number of hydrogen-bond acceptors (Lipinski definition) is 2. The van der Waals surface area contributed by atoms with Gasteiger partial charge in [-0.05, 0) is 24.6 Å². The maximum Gasteiger partial charge on any atom is 0.224 e. The van der Waals surface area contributed by atoms with Crippen LogP contribution in [0.15, 0.2) is 30.5 Å². The number of carbonyl (C=O) groups is 1. The molecule has 2 aromatic rings. The molecule has 0 aliphatic carbocycles. The van der Waals surface area contributed by atoms with Crippen molar-refractivity contribution in [2.45, 2.75) is 19.8 Å². The molecule has 1 aromatic heterocycles. The van der Waals surface area contributed by atoms with E-state index in [9.17, 15) is 4.79 Å². The maximum atomic E-state index is 11.7. The first-order valence-electron chi connectivity index (χ1n) is 6.15. The first kappa shape index (κ1) is 13.6. The van der Waals surface area contributed by atoms with Crippen LogP contribution in [0.25, 0.3) is 0 Å². The number of aromatic nitrogens is 2. The van der Waals surface area contributed by atoms with Crippen LogP contribution in [0.4, 0.5) is 0 Å². The second-order valence-corrected chi connectivity index (χ2v) is 4.83. The largest absolute Gasteiger partial charge is 0.355 e. The van der Waals surface area contributed by atoms with Crippen molar-refractivity contribution >= 4 is 17.5 Å². The number of nitrogens with zero attached hydrogens (tertiary/aromatic N) is 1. The molecule has 1 heterocycles. The SMILES string of the molecule is Cc1ncc(CCNC(=O)Cc2ccc(Cl)cc2)[nH]1. The Bertz CT molecular complexity index is 548. The van der Waals surface area contributed by atoms with Gasteiger partial charge >= 0.3 is 0 Å². The van der Waals surface area contributed by atoms with Gasteiger partial charge in [-0.1, -0.05) is 23.7 Å². The second-order valence-electron chi connectivity index (χ2n) is 4.40. The lowest BCUT2D eigenvalue weighted by molar-refractivity contribution is -0.120. The Hall–Kier alpha value is -1.81. The van der Waals surface area contributed by atoms with Crippen LogP contribution in [0.3, 0.4) is 0 Å². The molecule has 5 heteroatoms. The summed E-state index contributed by atoms with van der Waals surface area (Å²) >= 11 is 5.79. The normalized spacial score (nSPS) is 10.4. The highest BCUT2D eigenvalue weighted by Crippen LogP contribution is 2.09. The van der Waals surface area contributed by atoms with E-state index >= 15 is 0 Å². The summed E-state index contributed by atoms with van der Waals surface area (Å²) in [7, 11) is 0. The maximum absolute atomic E-state index is 11.7. The van der Waals surface area contributed by atoms with E-state index in [1.807, 2.05) is 19.1 Å². The van der Waals surface area contributed by atoms with Crippen LogP contribution in [0, 0.1) is 6.92 Å². The first-order chi connectivity index (χ1) is 9.13. The molecule has 0 fully saturated rings. The molecule has 0 radical (unpaired) electrons. The predicted molar refractivity (Wildman–Crippen MR) is 75.2 cm³/mol. The molecule has 0 unspecified atom stereocenters. The van der Waals surface area contributed by atoms with Crippen LogP contribution in [0.5, 0.6) is 0 Å². The van der Waals surface area contributed by atoms with Crippen LogP contribution in [0.2, 0.25) is 5.02 Å². The van der Waals surface area contributed by atoms with Gasteiger partial charge in [0.1, 0.15) is 5.82 Å². The Labute approximate surface area is 117 Å². The smallest absolute Gasteiger partial charge is 0.224 e. The molecule has 0 aliphatic heterocycles. The van der Waals surface area contributed by atoms with Crippen LogP contribution in [-0.4, -0.2) is 22.4 Å². The topological polar surface area (TPSA) is 57.8 Å². The highest BCUT2D eigenvalue weighted by molar-refractivity contribution is 6.30. The molecule has 0 spiro atoms. The van der Waals surface area contributed by atoms with E-state index in [1.54, 1.807) is 18.3 Å². The third-order valence-electron chi connectivity index (χ3n) is 2.75. The third kappa shape index (κ3) is 4.41. The molecule has 2 rings (SSSR count). The zero-order chi connectivity index (χ0) is 13.7. The molecule has 1 amide bonds. The van der Waals surface area contributed by atoms with Gasteiger partial charge < -0.3 is 10.3 Å². The van der Waals surface area contributed by atoms with E-state index in [2.05, 4.69) is 15.3 Å². The van der Waals surface area contributed by atoms with Gasteiger partial charge in [-0.3, -0.25) is 4.79 Å². The second kappa shape index (κ2) is 6.38. The van der Waals surface area contributed by atoms with E-state index in [0.717, 1.165) is 23.5 Å². The van der Waals surface area contributed by atoms with Crippen molar-refractivity contribution < 1.29 is 4.79 Å². The van der Waals surface area contributed by atoms with E-state index in [4.69, 9.17) is 11.6 Å². The molecule has 4 nitrogen and oxygen atoms in total. The fourth-order valence-corrected chi connectivity index (χ4v) is 1.91. The standard InChI is InChI=1S/C14H16ClN3O/c1-10-17-9-13(18-10)6-7-16-14(19)8-11-2-4-12(15)5-3-11/h2-5,9H,6-8H2,1H3,(H,16,19)(H,17,18). The molecular formula is C14H16ClN3O. The summed E-state index contributed by atoms with van der Waals surface area (Å²) in [5.74, 6) is 0.904. The molecule has 19 heavy (non-hydrogen) atoms. The van der Waals surface area contributed by atoms with Gasteiger partial charge in [-0.15, -0.1) is 0 Å². The van der Waals surface area contributed by atoms with Crippen LogP contribution < -0.4 is 5.32 Å². The van der Waals surface area contributed by atoms with Gasteiger partial charge in [0.2, 0.25) is 5.91 Å². The number of aromatic amines is 1. The number of amides is 1. The zero-order valence-corrected chi connectivity index (χ0v) is 11.5. The lowest BCUT2D eigenvalue weighted by atomic mass is 10.1. The summed E-state index contributed by atoms with van der Waals surface area (Å²) in [5.41, 5.74) is 1.99. The van der Waals surface area contributed by atoms with Crippen molar-refractivity contribution in [1.29, 1.82) is 0 Å². The van der Waals surface area contributed by atoms with Crippen molar-refractivity contribution in [3.63, 3.8) is 0 Å². The van der Waals surface area contributed by atoms with Gasteiger partial charge in [-0.25, -0.2) is 4.98 Å². The molecule has 100 valence electrons. The number of aryl methyl sites for hydroxylation is 1. The Morgan fingerprint density at radius 1 is 1.37 bits per heavy atom.